The van der Waals surface area contributed by atoms with Crippen LogP contribution in [0.15, 0.2) is 0 Å². The van der Waals surface area contributed by atoms with Crippen molar-refractivity contribution >= 4 is 16.1 Å². The molecule has 0 saturated carbocycles. The number of amides is 1. The standard InChI is InChI=1S/C12H22N2O4S/c1-12(2,3)18-11(15)14-8-4-5-9(14)7-10(6-8)19(13,16)17/h8-10H,4-7H2,1-3H3,(H2,13,16,17)/t8-,9?,10+/m0/s1. The van der Waals surface area contributed by atoms with Gasteiger partial charge in [-0.1, -0.05) is 0 Å². The van der Waals surface area contributed by atoms with Crippen LogP contribution in [0, 0.1) is 0 Å². The molecule has 2 aliphatic rings. The summed E-state index contributed by atoms with van der Waals surface area (Å²) in [7, 11) is -3.51. The van der Waals surface area contributed by atoms with Crippen molar-refractivity contribution < 1.29 is 17.9 Å². The highest BCUT2D eigenvalue weighted by atomic mass is 32.2. The van der Waals surface area contributed by atoms with Crippen molar-refractivity contribution in [1.29, 1.82) is 0 Å². The maximum atomic E-state index is 12.2. The van der Waals surface area contributed by atoms with E-state index in [1.54, 1.807) is 4.90 Å². The quantitative estimate of drug-likeness (QED) is 0.786. The van der Waals surface area contributed by atoms with Gasteiger partial charge < -0.3 is 9.64 Å². The second-order valence-corrected chi connectivity index (χ2v) is 8.30. The van der Waals surface area contributed by atoms with E-state index in [-0.39, 0.29) is 18.2 Å². The maximum Gasteiger partial charge on any atom is 0.410 e. The minimum absolute atomic E-state index is 0.0584. The lowest BCUT2D eigenvalue weighted by Crippen LogP contribution is -2.52. The molecule has 2 saturated heterocycles. The van der Waals surface area contributed by atoms with Gasteiger partial charge in [0.25, 0.3) is 0 Å². The average Bonchev–Trinajstić information content (AvgIpc) is 2.45. The van der Waals surface area contributed by atoms with E-state index < -0.39 is 20.9 Å². The number of rotatable bonds is 1. The minimum Gasteiger partial charge on any atom is -0.444 e. The average molecular weight is 290 g/mol. The normalized spacial score (nSPS) is 31.4. The van der Waals surface area contributed by atoms with Crippen LogP contribution in [-0.4, -0.2) is 42.3 Å². The van der Waals surface area contributed by atoms with Crippen LogP contribution in [0.1, 0.15) is 46.5 Å². The number of carbonyl (C=O) groups is 1. The molecule has 0 spiro atoms. The van der Waals surface area contributed by atoms with Crippen molar-refractivity contribution in [2.75, 3.05) is 0 Å². The van der Waals surface area contributed by atoms with Gasteiger partial charge >= 0.3 is 6.09 Å². The topological polar surface area (TPSA) is 89.7 Å². The Balaban J connectivity index is 2.10. The Morgan fingerprint density at radius 3 is 2.05 bits per heavy atom. The minimum atomic E-state index is -3.51. The smallest absolute Gasteiger partial charge is 0.410 e. The molecule has 0 aromatic carbocycles. The molecule has 2 bridgehead atoms. The number of nitrogens with two attached hydrogens (primary N) is 1. The third-order valence-corrected chi connectivity index (χ3v) is 5.07. The SMILES string of the molecule is CC(C)(C)OC(=O)N1C2CC[C@H]1C[C@@H](S(N)(=O)=O)C2. The van der Waals surface area contributed by atoms with E-state index in [0.29, 0.717) is 12.8 Å². The van der Waals surface area contributed by atoms with Crippen LogP contribution in [0.25, 0.3) is 0 Å². The first-order chi connectivity index (χ1) is 8.58. The highest BCUT2D eigenvalue weighted by Gasteiger charge is 2.47. The Hall–Kier alpha value is -0.820. The molecule has 6 nitrogen and oxygen atoms in total. The first-order valence-electron chi connectivity index (χ1n) is 6.61. The summed E-state index contributed by atoms with van der Waals surface area (Å²) in [5.41, 5.74) is -0.534. The lowest BCUT2D eigenvalue weighted by atomic mass is 10.0. The van der Waals surface area contributed by atoms with Gasteiger partial charge in [-0.05, 0) is 46.5 Å². The van der Waals surface area contributed by atoms with Crippen molar-refractivity contribution in [2.24, 2.45) is 5.14 Å². The number of fused-ring (bicyclic) bond motifs is 2. The Kier molecular flexibility index (Phi) is 3.55. The lowest BCUT2D eigenvalue weighted by Gasteiger charge is -2.38. The fourth-order valence-electron chi connectivity index (χ4n) is 3.01. The molecule has 0 aromatic rings. The molecule has 2 heterocycles. The van der Waals surface area contributed by atoms with Crippen LogP contribution in [0.3, 0.4) is 0 Å². The number of nitrogens with zero attached hydrogens (tertiary/aromatic N) is 1. The fourth-order valence-corrected chi connectivity index (χ4v) is 3.99. The number of sulfonamides is 1. The number of hydrogen-bond donors (Lipinski definition) is 1. The van der Waals surface area contributed by atoms with Gasteiger partial charge in [0, 0.05) is 12.1 Å². The molecule has 0 radical (unpaired) electrons. The van der Waals surface area contributed by atoms with Gasteiger partial charge in [0.05, 0.1) is 5.25 Å². The monoisotopic (exact) mass is 290 g/mol. The molecule has 1 unspecified atom stereocenters. The van der Waals surface area contributed by atoms with Crippen LogP contribution in [0.2, 0.25) is 0 Å². The summed E-state index contributed by atoms with van der Waals surface area (Å²) in [6.07, 6.45) is 2.17. The van der Waals surface area contributed by atoms with Gasteiger partial charge in [0.1, 0.15) is 5.60 Å². The predicted octanol–water partition coefficient (Wildman–Crippen LogP) is 1.21. The summed E-state index contributed by atoms with van der Waals surface area (Å²) in [5.74, 6) is 0. The second kappa shape index (κ2) is 4.63. The van der Waals surface area contributed by atoms with Crippen LogP contribution < -0.4 is 5.14 Å². The summed E-state index contributed by atoms with van der Waals surface area (Å²) in [6.45, 7) is 5.47. The van der Waals surface area contributed by atoms with Crippen molar-refractivity contribution in [1.82, 2.24) is 4.90 Å². The fraction of sp³-hybridized carbons (Fsp3) is 0.917. The summed E-state index contributed by atoms with van der Waals surface area (Å²) in [4.78, 5) is 13.9. The Bertz CT molecular complexity index is 455. The van der Waals surface area contributed by atoms with E-state index in [2.05, 4.69) is 0 Å². The molecule has 7 heteroatoms. The van der Waals surface area contributed by atoms with E-state index in [1.165, 1.54) is 0 Å². The molecule has 2 N–H and O–H groups in total. The van der Waals surface area contributed by atoms with Crippen molar-refractivity contribution in [2.45, 2.75) is 69.4 Å². The number of primary sulfonamides is 1. The molecule has 110 valence electrons. The molecule has 2 fully saturated rings. The molecule has 3 atom stereocenters. The molecule has 2 aliphatic heterocycles. The summed E-state index contributed by atoms with van der Waals surface area (Å²) in [6, 6.07) is -0.117. The Morgan fingerprint density at radius 2 is 1.68 bits per heavy atom. The van der Waals surface area contributed by atoms with Crippen LogP contribution in [0.4, 0.5) is 4.79 Å². The molecular formula is C12H22N2O4S. The first-order valence-corrected chi connectivity index (χ1v) is 8.22. The molecule has 0 aromatic heterocycles. The second-order valence-electron chi connectivity index (χ2n) is 6.46. The zero-order valence-electron chi connectivity index (χ0n) is 11.6. The van der Waals surface area contributed by atoms with E-state index in [9.17, 15) is 13.2 Å². The van der Waals surface area contributed by atoms with E-state index >= 15 is 0 Å². The van der Waals surface area contributed by atoms with Crippen LogP contribution in [0.5, 0.6) is 0 Å². The van der Waals surface area contributed by atoms with E-state index in [4.69, 9.17) is 9.88 Å². The van der Waals surface area contributed by atoms with Gasteiger partial charge in [-0.25, -0.2) is 18.4 Å². The molecular weight excluding hydrogens is 268 g/mol. The zero-order valence-corrected chi connectivity index (χ0v) is 12.4. The van der Waals surface area contributed by atoms with Crippen molar-refractivity contribution in [3.05, 3.63) is 0 Å². The Labute approximate surface area is 114 Å². The summed E-state index contributed by atoms with van der Waals surface area (Å²) < 4.78 is 28.3. The molecule has 1 amide bonds. The van der Waals surface area contributed by atoms with E-state index in [1.807, 2.05) is 20.8 Å². The van der Waals surface area contributed by atoms with Gasteiger partial charge in [0.15, 0.2) is 0 Å². The number of hydrogen-bond acceptors (Lipinski definition) is 4. The third kappa shape index (κ3) is 3.20. The third-order valence-electron chi connectivity index (χ3n) is 3.76. The number of carbonyl (C=O) groups excluding carboxylic acids is 1. The van der Waals surface area contributed by atoms with Gasteiger partial charge in [-0.2, -0.15) is 0 Å². The van der Waals surface area contributed by atoms with Crippen molar-refractivity contribution in [3.63, 3.8) is 0 Å². The first kappa shape index (κ1) is 14.6. The zero-order chi connectivity index (χ0) is 14.4. The number of ether oxygens (including phenoxy) is 1. The highest BCUT2D eigenvalue weighted by molar-refractivity contribution is 7.89. The van der Waals surface area contributed by atoms with Crippen molar-refractivity contribution in [3.8, 4) is 0 Å². The van der Waals surface area contributed by atoms with Gasteiger partial charge in [-0.3, -0.25) is 0 Å². The van der Waals surface area contributed by atoms with Crippen LogP contribution >= 0.6 is 0 Å². The predicted molar refractivity (Wildman–Crippen MR) is 71.0 cm³/mol. The largest absolute Gasteiger partial charge is 0.444 e. The van der Waals surface area contributed by atoms with Gasteiger partial charge in [-0.15, -0.1) is 0 Å². The maximum absolute atomic E-state index is 12.2. The lowest BCUT2D eigenvalue weighted by molar-refractivity contribution is 0.00813. The van der Waals surface area contributed by atoms with Crippen LogP contribution in [-0.2, 0) is 14.8 Å². The number of piperidine rings is 1. The highest BCUT2D eigenvalue weighted by Crippen LogP contribution is 2.38. The molecule has 0 aliphatic carbocycles. The molecule has 19 heavy (non-hydrogen) atoms. The van der Waals surface area contributed by atoms with E-state index in [0.717, 1.165) is 12.8 Å². The van der Waals surface area contributed by atoms with Gasteiger partial charge in [0.2, 0.25) is 10.0 Å². The molecule has 2 rings (SSSR count). The summed E-state index contributed by atoms with van der Waals surface area (Å²) >= 11 is 0. The Morgan fingerprint density at radius 1 is 1.21 bits per heavy atom. The summed E-state index contributed by atoms with van der Waals surface area (Å²) in [5, 5.41) is 4.70.